The summed E-state index contributed by atoms with van der Waals surface area (Å²) in [5.74, 6) is 0.654. The van der Waals surface area contributed by atoms with E-state index in [0.29, 0.717) is 22.8 Å². The van der Waals surface area contributed by atoms with Crippen LogP contribution in [-0.2, 0) is 0 Å². The van der Waals surface area contributed by atoms with Gasteiger partial charge in [0.1, 0.15) is 5.76 Å². The molecular weight excluding hydrogens is 364 g/mol. The molecule has 6 nitrogen and oxygen atoms in total. The standard InChI is InChI=1S/C20H23ClN4O2/c1-3-25(4-2)17(18-6-5-11-27-18)13-22-20(26)16-12-23-24-19(16)14-7-9-15(21)10-8-14/h5-12,17H,3-4,13H2,1-2H3,(H,22,26)(H,23,24). The molecular formula is C20H23ClN4O2. The Balaban J connectivity index is 1.75. The number of benzene rings is 1. The largest absolute Gasteiger partial charge is 0.468 e. The minimum atomic E-state index is -0.183. The SMILES string of the molecule is CCN(CC)C(CNC(=O)c1cn[nH]c1-c1ccc(Cl)cc1)c1ccco1. The summed E-state index contributed by atoms with van der Waals surface area (Å²) in [7, 11) is 0. The maximum absolute atomic E-state index is 12.8. The van der Waals surface area contributed by atoms with Crippen molar-refractivity contribution >= 4 is 17.5 Å². The Bertz CT molecular complexity index is 855. The molecule has 3 aromatic rings. The number of nitrogens with zero attached hydrogens (tertiary/aromatic N) is 2. The number of hydrogen-bond donors (Lipinski definition) is 2. The number of hydrogen-bond acceptors (Lipinski definition) is 4. The third-order valence-corrected chi connectivity index (χ3v) is 4.85. The van der Waals surface area contributed by atoms with Crippen molar-refractivity contribution < 1.29 is 9.21 Å². The van der Waals surface area contributed by atoms with E-state index in [1.807, 2.05) is 24.3 Å². The van der Waals surface area contributed by atoms with Crippen LogP contribution in [-0.4, -0.2) is 40.6 Å². The molecule has 0 saturated carbocycles. The van der Waals surface area contributed by atoms with Gasteiger partial charge in [-0.05, 0) is 37.4 Å². The maximum atomic E-state index is 12.8. The number of rotatable bonds is 8. The van der Waals surface area contributed by atoms with Crippen molar-refractivity contribution in [1.29, 1.82) is 0 Å². The lowest BCUT2D eigenvalue weighted by Gasteiger charge is -2.28. The van der Waals surface area contributed by atoms with Crippen LogP contribution in [0.1, 0.15) is 36.0 Å². The van der Waals surface area contributed by atoms with Crippen LogP contribution in [0.3, 0.4) is 0 Å². The molecule has 1 aromatic carbocycles. The molecule has 27 heavy (non-hydrogen) atoms. The lowest BCUT2D eigenvalue weighted by atomic mass is 10.1. The fraction of sp³-hybridized carbons (Fsp3) is 0.300. The van der Waals surface area contributed by atoms with Gasteiger partial charge in [0.25, 0.3) is 5.91 Å². The van der Waals surface area contributed by atoms with Crippen LogP contribution in [0.25, 0.3) is 11.3 Å². The first-order chi connectivity index (χ1) is 13.1. The number of amides is 1. The fourth-order valence-electron chi connectivity index (χ4n) is 3.13. The summed E-state index contributed by atoms with van der Waals surface area (Å²) < 4.78 is 5.58. The first-order valence-corrected chi connectivity index (χ1v) is 9.36. The molecule has 2 N–H and O–H groups in total. The van der Waals surface area contributed by atoms with E-state index < -0.39 is 0 Å². The van der Waals surface area contributed by atoms with Crippen molar-refractivity contribution in [2.45, 2.75) is 19.9 Å². The van der Waals surface area contributed by atoms with Crippen molar-refractivity contribution in [3.63, 3.8) is 0 Å². The highest BCUT2D eigenvalue weighted by molar-refractivity contribution is 6.30. The Kier molecular flexibility index (Phi) is 6.32. The molecule has 3 rings (SSSR count). The highest BCUT2D eigenvalue weighted by atomic mass is 35.5. The number of halogens is 1. The van der Waals surface area contributed by atoms with Gasteiger partial charge in [-0.15, -0.1) is 0 Å². The quantitative estimate of drug-likeness (QED) is 0.610. The molecule has 2 heterocycles. The van der Waals surface area contributed by atoms with Crippen molar-refractivity contribution in [2.75, 3.05) is 19.6 Å². The second kappa shape index (κ2) is 8.88. The number of carbonyl (C=O) groups is 1. The van der Waals surface area contributed by atoms with Gasteiger partial charge in [0, 0.05) is 17.1 Å². The molecule has 0 saturated heterocycles. The van der Waals surface area contributed by atoms with Crippen molar-refractivity contribution in [1.82, 2.24) is 20.4 Å². The molecule has 0 spiro atoms. The highest BCUT2D eigenvalue weighted by Gasteiger charge is 2.23. The zero-order valence-electron chi connectivity index (χ0n) is 15.4. The van der Waals surface area contributed by atoms with Crippen LogP contribution in [0.2, 0.25) is 5.02 Å². The molecule has 0 fully saturated rings. The predicted octanol–water partition coefficient (Wildman–Crippen LogP) is 4.14. The zero-order valence-corrected chi connectivity index (χ0v) is 16.2. The van der Waals surface area contributed by atoms with Gasteiger partial charge in [-0.3, -0.25) is 14.8 Å². The second-order valence-corrected chi connectivity index (χ2v) is 6.56. The van der Waals surface area contributed by atoms with Gasteiger partial charge in [-0.25, -0.2) is 0 Å². The lowest BCUT2D eigenvalue weighted by molar-refractivity contribution is 0.0930. The first-order valence-electron chi connectivity index (χ1n) is 8.99. The number of aromatic nitrogens is 2. The number of H-pyrrole nitrogens is 1. The molecule has 2 aromatic heterocycles. The first kappa shape index (κ1) is 19.2. The lowest BCUT2D eigenvalue weighted by Crippen LogP contribution is -2.38. The van der Waals surface area contributed by atoms with E-state index >= 15 is 0 Å². The molecule has 1 unspecified atom stereocenters. The summed E-state index contributed by atoms with van der Waals surface area (Å²) in [6.07, 6.45) is 3.20. The minimum absolute atomic E-state index is 0.0233. The molecule has 0 aliphatic carbocycles. The summed E-state index contributed by atoms with van der Waals surface area (Å²) in [4.78, 5) is 15.0. The van der Waals surface area contributed by atoms with Gasteiger partial charge >= 0.3 is 0 Å². The molecule has 7 heteroatoms. The molecule has 0 bridgehead atoms. The van der Waals surface area contributed by atoms with Gasteiger partial charge < -0.3 is 9.73 Å². The smallest absolute Gasteiger partial charge is 0.255 e. The van der Waals surface area contributed by atoms with Crippen LogP contribution >= 0.6 is 11.6 Å². The van der Waals surface area contributed by atoms with Gasteiger partial charge in [0.05, 0.1) is 29.8 Å². The predicted molar refractivity (Wildman–Crippen MR) is 106 cm³/mol. The average molecular weight is 387 g/mol. The number of aromatic amines is 1. The third kappa shape index (κ3) is 4.40. The van der Waals surface area contributed by atoms with Crippen molar-refractivity contribution in [3.8, 4) is 11.3 Å². The van der Waals surface area contributed by atoms with E-state index in [0.717, 1.165) is 24.4 Å². The highest BCUT2D eigenvalue weighted by Crippen LogP contribution is 2.24. The normalized spacial score (nSPS) is 12.3. The zero-order chi connectivity index (χ0) is 19.2. The Morgan fingerprint density at radius 3 is 2.63 bits per heavy atom. The topological polar surface area (TPSA) is 74.2 Å². The summed E-state index contributed by atoms with van der Waals surface area (Å²) in [6, 6.07) is 11.1. The van der Waals surface area contributed by atoms with Gasteiger partial charge in [0.15, 0.2) is 0 Å². The van der Waals surface area contributed by atoms with Crippen LogP contribution in [0.4, 0.5) is 0 Å². The Labute approximate surface area is 163 Å². The van der Waals surface area contributed by atoms with E-state index in [4.69, 9.17) is 16.0 Å². The monoisotopic (exact) mass is 386 g/mol. The molecule has 0 aliphatic rings. The number of likely N-dealkylation sites (N-methyl/N-ethyl adjacent to an activating group) is 1. The fourth-order valence-corrected chi connectivity index (χ4v) is 3.26. The second-order valence-electron chi connectivity index (χ2n) is 6.13. The molecule has 142 valence electrons. The van der Waals surface area contributed by atoms with Crippen molar-refractivity contribution in [2.24, 2.45) is 0 Å². The van der Waals surface area contributed by atoms with Crippen LogP contribution < -0.4 is 5.32 Å². The van der Waals surface area contributed by atoms with E-state index in [-0.39, 0.29) is 11.9 Å². The molecule has 0 aliphatic heterocycles. The number of furan rings is 1. The number of carbonyl (C=O) groups excluding carboxylic acids is 1. The third-order valence-electron chi connectivity index (χ3n) is 4.60. The van der Waals surface area contributed by atoms with Gasteiger partial charge in [-0.2, -0.15) is 5.10 Å². The van der Waals surface area contributed by atoms with Gasteiger partial charge in [0.2, 0.25) is 0 Å². The van der Waals surface area contributed by atoms with Crippen LogP contribution in [0.5, 0.6) is 0 Å². The maximum Gasteiger partial charge on any atom is 0.255 e. The summed E-state index contributed by atoms with van der Waals surface area (Å²) in [5, 5.41) is 10.6. The summed E-state index contributed by atoms with van der Waals surface area (Å²) in [5.41, 5.74) is 2.02. The van der Waals surface area contributed by atoms with E-state index in [1.54, 1.807) is 24.6 Å². The molecule has 1 amide bonds. The molecule has 0 radical (unpaired) electrons. The van der Waals surface area contributed by atoms with Gasteiger partial charge in [-0.1, -0.05) is 37.6 Å². The molecule has 1 atom stereocenters. The van der Waals surface area contributed by atoms with E-state index in [9.17, 15) is 4.79 Å². The Morgan fingerprint density at radius 2 is 2.00 bits per heavy atom. The Hall–Kier alpha value is -2.57. The summed E-state index contributed by atoms with van der Waals surface area (Å²) >= 11 is 5.95. The average Bonchev–Trinajstić information content (AvgIpc) is 3.37. The van der Waals surface area contributed by atoms with E-state index in [2.05, 4.69) is 34.3 Å². The van der Waals surface area contributed by atoms with E-state index in [1.165, 1.54) is 0 Å². The minimum Gasteiger partial charge on any atom is -0.468 e. The Morgan fingerprint density at radius 1 is 1.26 bits per heavy atom. The summed E-state index contributed by atoms with van der Waals surface area (Å²) in [6.45, 7) is 6.35. The van der Waals surface area contributed by atoms with Crippen LogP contribution in [0.15, 0.2) is 53.3 Å². The van der Waals surface area contributed by atoms with Crippen LogP contribution in [0, 0.1) is 0 Å². The van der Waals surface area contributed by atoms with Crippen molar-refractivity contribution in [3.05, 3.63) is 65.2 Å². The number of nitrogens with one attached hydrogen (secondary N) is 2.